The number of amides is 1. The fourth-order valence-corrected chi connectivity index (χ4v) is 2.69. The summed E-state index contributed by atoms with van der Waals surface area (Å²) in [5.74, 6) is -0.108. The summed E-state index contributed by atoms with van der Waals surface area (Å²) in [6.45, 7) is 4.15. The first-order chi connectivity index (χ1) is 11.1. The Morgan fingerprint density at radius 2 is 1.71 bits per heavy atom. The Hall–Kier alpha value is -1.84. The van der Waals surface area contributed by atoms with Gasteiger partial charge in [0.1, 0.15) is 6.04 Å². The number of rotatable bonds is 7. The first-order valence-corrected chi connectivity index (χ1v) is 8.26. The molecule has 1 amide bonds. The van der Waals surface area contributed by atoms with E-state index in [2.05, 4.69) is 24.4 Å². The predicted octanol–water partition coefficient (Wildman–Crippen LogP) is 3.94. The number of nitrogens with one attached hydrogen (secondary N) is 1. The van der Waals surface area contributed by atoms with Crippen LogP contribution in [0.4, 0.5) is 0 Å². The van der Waals surface area contributed by atoms with Gasteiger partial charge in [-0.1, -0.05) is 73.5 Å². The first kappa shape index (κ1) is 20.2. The minimum atomic E-state index is -0.620. The molecule has 3 N–H and O–H groups in total. The van der Waals surface area contributed by atoms with Crippen LogP contribution in [-0.2, 0) is 11.2 Å². The molecule has 0 radical (unpaired) electrons. The third-order valence-corrected chi connectivity index (χ3v) is 4.03. The highest BCUT2D eigenvalue weighted by atomic mass is 35.5. The van der Waals surface area contributed by atoms with Gasteiger partial charge in [0.05, 0.1) is 0 Å². The number of benzene rings is 2. The van der Waals surface area contributed by atoms with Crippen LogP contribution >= 0.6 is 12.4 Å². The van der Waals surface area contributed by atoms with Crippen molar-refractivity contribution >= 4 is 18.3 Å². The van der Waals surface area contributed by atoms with E-state index < -0.39 is 6.04 Å². The Labute approximate surface area is 151 Å². The summed E-state index contributed by atoms with van der Waals surface area (Å²) in [5, 5.41) is 3.12. The van der Waals surface area contributed by atoms with Gasteiger partial charge in [-0.2, -0.15) is 0 Å². The quantitative estimate of drug-likeness (QED) is 0.797. The molecule has 0 saturated heterocycles. The number of nitrogens with two attached hydrogens (primary N) is 1. The maximum Gasteiger partial charge on any atom is 0.241 e. The average molecular weight is 347 g/mol. The number of hydrogen-bond donors (Lipinski definition) is 2. The van der Waals surface area contributed by atoms with Crippen molar-refractivity contribution in [3.63, 3.8) is 0 Å². The zero-order valence-corrected chi connectivity index (χ0v) is 15.2. The molecule has 2 unspecified atom stereocenters. The van der Waals surface area contributed by atoms with Crippen LogP contribution in [0.5, 0.6) is 0 Å². The van der Waals surface area contributed by atoms with Gasteiger partial charge < -0.3 is 11.1 Å². The summed E-state index contributed by atoms with van der Waals surface area (Å²) >= 11 is 0. The number of hydrogen-bond acceptors (Lipinski definition) is 2. The van der Waals surface area contributed by atoms with Crippen molar-refractivity contribution in [1.29, 1.82) is 0 Å². The zero-order valence-electron chi connectivity index (χ0n) is 14.4. The van der Waals surface area contributed by atoms with E-state index in [1.807, 2.05) is 49.4 Å². The van der Waals surface area contributed by atoms with Crippen LogP contribution in [0.1, 0.15) is 42.5 Å². The minimum Gasteiger partial charge on any atom is -0.351 e. The first-order valence-electron chi connectivity index (χ1n) is 8.26. The second-order valence-corrected chi connectivity index (χ2v) is 6.07. The molecule has 3 nitrogen and oxygen atoms in total. The molecule has 4 heteroatoms. The lowest BCUT2D eigenvalue weighted by molar-refractivity contribution is -0.123. The third kappa shape index (κ3) is 5.99. The molecule has 0 fully saturated rings. The van der Waals surface area contributed by atoms with E-state index in [9.17, 15) is 4.79 Å². The molecule has 24 heavy (non-hydrogen) atoms. The van der Waals surface area contributed by atoms with Crippen LogP contribution in [0, 0.1) is 6.92 Å². The molecule has 130 valence electrons. The van der Waals surface area contributed by atoms with Crippen LogP contribution in [0.2, 0.25) is 0 Å². The molecular weight excluding hydrogens is 320 g/mol. The summed E-state index contributed by atoms with van der Waals surface area (Å²) in [7, 11) is 0. The molecule has 0 aliphatic carbocycles. The summed E-state index contributed by atoms with van der Waals surface area (Å²) < 4.78 is 0. The molecule has 0 spiro atoms. The molecule has 0 heterocycles. The lowest BCUT2D eigenvalue weighted by Gasteiger charge is -2.21. The summed E-state index contributed by atoms with van der Waals surface area (Å²) in [5.41, 5.74) is 9.36. The van der Waals surface area contributed by atoms with Crippen molar-refractivity contribution in [3.05, 3.63) is 71.3 Å². The number of halogens is 1. The van der Waals surface area contributed by atoms with E-state index in [1.165, 1.54) is 5.56 Å². The van der Waals surface area contributed by atoms with Gasteiger partial charge in [-0.3, -0.25) is 4.79 Å². The summed E-state index contributed by atoms with van der Waals surface area (Å²) in [6, 6.07) is 17.5. The highest BCUT2D eigenvalue weighted by molar-refractivity contribution is 5.85. The third-order valence-electron chi connectivity index (χ3n) is 4.03. The van der Waals surface area contributed by atoms with Gasteiger partial charge in [0.2, 0.25) is 5.91 Å². The fraction of sp³-hybridized carbons (Fsp3) is 0.350. The molecule has 2 rings (SSSR count). The van der Waals surface area contributed by atoms with E-state index in [1.54, 1.807) is 0 Å². The fourth-order valence-electron chi connectivity index (χ4n) is 2.69. The number of aryl methyl sites for hydroxylation is 1. The van der Waals surface area contributed by atoms with Gasteiger partial charge in [0.15, 0.2) is 0 Å². The van der Waals surface area contributed by atoms with Crippen LogP contribution in [0.25, 0.3) is 0 Å². The van der Waals surface area contributed by atoms with Gasteiger partial charge in [0.25, 0.3) is 0 Å². The van der Waals surface area contributed by atoms with E-state index in [-0.39, 0.29) is 24.4 Å². The Morgan fingerprint density at radius 3 is 2.29 bits per heavy atom. The Balaban J connectivity index is 0.00000288. The maximum absolute atomic E-state index is 12.5. The molecule has 0 aliphatic rings. The van der Waals surface area contributed by atoms with E-state index in [0.717, 1.165) is 30.4 Å². The van der Waals surface area contributed by atoms with Crippen molar-refractivity contribution in [2.24, 2.45) is 5.73 Å². The molecule has 0 aromatic heterocycles. The van der Waals surface area contributed by atoms with Crippen LogP contribution in [0.3, 0.4) is 0 Å². The second-order valence-electron chi connectivity index (χ2n) is 6.07. The Bertz CT molecular complexity index is 613. The van der Waals surface area contributed by atoms with Crippen LogP contribution in [-0.4, -0.2) is 11.9 Å². The minimum absolute atomic E-state index is 0. The van der Waals surface area contributed by atoms with E-state index in [0.29, 0.717) is 0 Å². The van der Waals surface area contributed by atoms with Gasteiger partial charge >= 0.3 is 0 Å². The summed E-state index contributed by atoms with van der Waals surface area (Å²) in [4.78, 5) is 12.5. The van der Waals surface area contributed by atoms with Crippen molar-refractivity contribution in [1.82, 2.24) is 5.32 Å². The van der Waals surface area contributed by atoms with Crippen molar-refractivity contribution in [2.75, 3.05) is 0 Å². The average Bonchev–Trinajstić information content (AvgIpc) is 2.56. The van der Waals surface area contributed by atoms with E-state index >= 15 is 0 Å². The van der Waals surface area contributed by atoms with Crippen LogP contribution < -0.4 is 11.1 Å². The second kappa shape index (κ2) is 10.1. The molecule has 0 aliphatic heterocycles. The standard InChI is InChI=1S/C20H26N2O.ClH/c1-3-7-18(14-16-8-5-4-6-9-16)22-20(23)19(21)17-12-10-15(2)11-13-17;/h4-6,8-13,18-19H,3,7,14,21H2,1-2H3,(H,22,23);1H. The SMILES string of the molecule is CCCC(Cc1ccccc1)NC(=O)C(N)c1ccc(C)cc1.Cl. The Morgan fingerprint density at radius 1 is 1.08 bits per heavy atom. The van der Waals surface area contributed by atoms with Gasteiger partial charge in [-0.05, 0) is 30.9 Å². The highest BCUT2D eigenvalue weighted by Gasteiger charge is 2.19. The molecule has 0 saturated carbocycles. The largest absolute Gasteiger partial charge is 0.351 e. The van der Waals surface area contributed by atoms with Gasteiger partial charge in [-0.25, -0.2) is 0 Å². The topological polar surface area (TPSA) is 55.1 Å². The van der Waals surface area contributed by atoms with Crippen molar-refractivity contribution < 1.29 is 4.79 Å². The number of carbonyl (C=O) groups excluding carboxylic acids is 1. The lowest BCUT2D eigenvalue weighted by atomic mass is 10.0. The van der Waals surface area contributed by atoms with Crippen molar-refractivity contribution in [2.45, 2.75) is 45.2 Å². The van der Waals surface area contributed by atoms with Crippen LogP contribution in [0.15, 0.2) is 54.6 Å². The highest BCUT2D eigenvalue weighted by Crippen LogP contribution is 2.13. The zero-order chi connectivity index (χ0) is 16.7. The Kier molecular flexibility index (Phi) is 8.51. The maximum atomic E-state index is 12.5. The normalized spacial score (nSPS) is 12.8. The molecule has 2 aromatic carbocycles. The molecule has 2 atom stereocenters. The predicted molar refractivity (Wildman–Crippen MR) is 102 cm³/mol. The summed E-state index contributed by atoms with van der Waals surface area (Å²) in [6.07, 6.45) is 2.81. The lowest BCUT2D eigenvalue weighted by Crippen LogP contribution is -2.41. The van der Waals surface area contributed by atoms with Gasteiger partial charge in [-0.15, -0.1) is 12.4 Å². The smallest absolute Gasteiger partial charge is 0.241 e. The molecule has 2 aromatic rings. The molecule has 0 bridgehead atoms. The van der Waals surface area contributed by atoms with E-state index in [4.69, 9.17) is 5.73 Å². The monoisotopic (exact) mass is 346 g/mol. The molecular formula is C20H27ClN2O. The van der Waals surface area contributed by atoms with Gasteiger partial charge in [0, 0.05) is 6.04 Å². The van der Waals surface area contributed by atoms with Crippen molar-refractivity contribution in [3.8, 4) is 0 Å². The number of carbonyl (C=O) groups is 1.